The summed E-state index contributed by atoms with van der Waals surface area (Å²) in [5.74, 6) is -5.90. The number of benzene rings is 2. The number of aromatic nitrogens is 1. The van der Waals surface area contributed by atoms with Gasteiger partial charge in [0, 0.05) is 18.1 Å². The second kappa shape index (κ2) is 7.91. The Morgan fingerprint density at radius 3 is 2.21 bits per heavy atom. The number of amides is 2. The Morgan fingerprint density at radius 1 is 0.857 bits per heavy atom. The molecule has 28 heavy (non-hydrogen) atoms. The maximum absolute atomic E-state index is 13.7. The van der Waals surface area contributed by atoms with E-state index >= 15 is 0 Å². The first-order valence-electron chi connectivity index (χ1n) is 8.13. The van der Waals surface area contributed by atoms with E-state index in [2.05, 4.69) is 15.6 Å². The summed E-state index contributed by atoms with van der Waals surface area (Å²) in [6.45, 7) is 1.87. The van der Waals surface area contributed by atoms with Crippen molar-refractivity contribution in [1.82, 2.24) is 4.98 Å². The summed E-state index contributed by atoms with van der Waals surface area (Å²) in [6, 6.07) is 9.98. The number of pyridine rings is 1. The van der Waals surface area contributed by atoms with Crippen LogP contribution in [0, 0.1) is 24.4 Å². The first-order valence-corrected chi connectivity index (χ1v) is 8.13. The molecular weight excluding hydrogens is 371 g/mol. The van der Waals surface area contributed by atoms with Crippen molar-refractivity contribution in [2.45, 2.75) is 6.92 Å². The normalized spacial score (nSPS) is 10.4. The molecule has 0 spiro atoms. The third-order valence-electron chi connectivity index (χ3n) is 3.82. The van der Waals surface area contributed by atoms with Gasteiger partial charge in [-0.2, -0.15) is 0 Å². The SMILES string of the molecule is Cc1cccc(NC(=O)c2cncc(C(=O)Nc3ccc(F)c(F)c3F)c2)c1. The average Bonchev–Trinajstić information content (AvgIpc) is 2.68. The van der Waals surface area contributed by atoms with Gasteiger partial charge in [0.1, 0.15) is 0 Å². The Kier molecular flexibility index (Phi) is 5.39. The molecule has 0 fully saturated rings. The van der Waals surface area contributed by atoms with E-state index in [0.717, 1.165) is 17.8 Å². The van der Waals surface area contributed by atoms with Crippen LogP contribution in [-0.2, 0) is 0 Å². The third-order valence-corrected chi connectivity index (χ3v) is 3.82. The minimum Gasteiger partial charge on any atom is -0.322 e. The number of nitrogens with one attached hydrogen (secondary N) is 2. The summed E-state index contributed by atoms with van der Waals surface area (Å²) < 4.78 is 40.0. The lowest BCUT2D eigenvalue weighted by Crippen LogP contribution is -2.17. The van der Waals surface area contributed by atoms with Crippen LogP contribution in [0.5, 0.6) is 0 Å². The molecule has 2 amide bonds. The van der Waals surface area contributed by atoms with Crippen molar-refractivity contribution in [2.75, 3.05) is 10.6 Å². The molecule has 0 aliphatic carbocycles. The zero-order valence-electron chi connectivity index (χ0n) is 14.6. The average molecular weight is 385 g/mol. The van der Waals surface area contributed by atoms with Crippen molar-refractivity contribution in [1.29, 1.82) is 0 Å². The fourth-order valence-corrected chi connectivity index (χ4v) is 2.43. The molecule has 1 aromatic heterocycles. The van der Waals surface area contributed by atoms with Gasteiger partial charge in [-0.15, -0.1) is 0 Å². The van der Waals surface area contributed by atoms with Gasteiger partial charge in [0.05, 0.1) is 16.8 Å². The number of anilines is 2. The van der Waals surface area contributed by atoms with Crippen LogP contribution in [0.4, 0.5) is 24.5 Å². The molecule has 0 saturated carbocycles. The van der Waals surface area contributed by atoms with E-state index in [-0.39, 0.29) is 11.1 Å². The Bertz CT molecular complexity index is 1070. The number of hydrogen-bond acceptors (Lipinski definition) is 3. The van der Waals surface area contributed by atoms with Crippen LogP contribution in [0.1, 0.15) is 26.3 Å². The molecule has 2 aromatic carbocycles. The van der Waals surface area contributed by atoms with E-state index in [4.69, 9.17) is 0 Å². The second-order valence-corrected chi connectivity index (χ2v) is 5.96. The first-order chi connectivity index (χ1) is 13.3. The van der Waals surface area contributed by atoms with Gasteiger partial charge in [-0.05, 0) is 42.8 Å². The minimum absolute atomic E-state index is 0.0546. The molecule has 2 N–H and O–H groups in total. The van der Waals surface area contributed by atoms with Gasteiger partial charge < -0.3 is 10.6 Å². The number of carbonyl (C=O) groups is 2. The lowest BCUT2D eigenvalue weighted by atomic mass is 10.1. The maximum Gasteiger partial charge on any atom is 0.257 e. The molecule has 0 aliphatic heterocycles. The molecular formula is C20H14F3N3O2. The van der Waals surface area contributed by atoms with Crippen LogP contribution in [0.25, 0.3) is 0 Å². The van der Waals surface area contributed by atoms with E-state index in [1.807, 2.05) is 13.0 Å². The summed E-state index contributed by atoms with van der Waals surface area (Å²) in [4.78, 5) is 28.5. The first kappa shape index (κ1) is 19.1. The highest BCUT2D eigenvalue weighted by molar-refractivity contribution is 6.08. The molecule has 3 aromatic rings. The molecule has 0 unspecified atom stereocenters. The largest absolute Gasteiger partial charge is 0.322 e. The molecule has 8 heteroatoms. The molecule has 3 rings (SSSR count). The van der Waals surface area contributed by atoms with Gasteiger partial charge in [-0.1, -0.05) is 12.1 Å². The zero-order valence-corrected chi connectivity index (χ0v) is 14.6. The van der Waals surface area contributed by atoms with Crippen molar-refractivity contribution in [3.05, 3.63) is 89.0 Å². The molecule has 5 nitrogen and oxygen atoms in total. The van der Waals surface area contributed by atoms with Gasteiger partial charge in [0.2, 0.25) is 0 Å². The molecule has 0 bridgehead atoms. The predicted molar refractivity (Wildman–Crippen MR) is 97.6 cm³/mol. The number of carbonyl (C=O) groups excluding carboxylic acids is 2. The maximum atomic E-state index is 13.7. The van der Waals surface area contributed by atoms with Gasteiger partial charge in [-0.25, -0.2) is 13.2 Å². The number of aryl methyl sites for hydroxylation is 1. The van der Waals surface area contributed by atoms with Crippen molar-refractivity contribution in [3.63, 3.8) is 0 Å². The van der Waals surface area contributed by atoms with Crippen LogP contribution in [0.15, 0.2) is 54.9 Å². The molecule has 0 saturated heterocycles. The van der Waals surface area contributed by atoms with E-state index in [1.54, 1.807) is 18.2 Å². The highest BCUT2D eigenvalue weighted by atomic mass is 19.2. The van der Waals surface area contributed by atoms with Gasteiger partial charge in [0.25, 0.3) is 11.8 Å². The van der Waals surface area contributed by atoms with E-state index in [1.165, 1.54) is 12.3 Å². The number of rotatable bonds is 4. The molecule has 0 atom stereocenters. The summed E-state index contributed by atoms with van der Waals surface area (Å²) in [6.07, 6.45) is 2.43. The number of nitrogens with zero attached hydrogens (tertiary/aromatic N) is 1. The topological polar surface area (TPSA) is 71.1 Å². The Morgan fingerprint density at radius 2 is 1.54 bits per heavy atom. The molecule has 1 heterocycles. The summed E-state index contributed by atoms with van der Waals surface area (Å²) in [5.41, 5.74) is 1.04. The highest BCUT2D eigenvalue weighted by Gasteiger charge is 2.17. The number of halogens is 3. The van der Waals surface area contributed by atoms with E-state index in [9.17, 15) is 22.8 Å². The Labute approximate surface area is 158 Å². The minimum atomic E-state index is -1.69. The third kappa shape index (κ3) is 4.17. The fourth-order valence-electron chi connectivity index (χ4n) is 2.43. The van der Waals surface area contributed by atoms with Crippen LogP contribution in [-0.4, -0.2) is 16.8 Å². The van der Waals surface area contributed by atoms with Gasteiger partial charge in [-0.3, -0.25) is 14.6 Å². The van der Waals surface area contributed by atoms with Crippen LogP contribution < -0.4 is 10.6 Å². The Hall–Kier alpha value is -3.68. The van der Waals surface area contributed by atoms with Crippen LogP contribution in [0.3, 0.4) is 0 Å². The summed E-state index contributed by atoms with van der Waals surface area (Å²) in [7, 11) is 0. The Balaban J connectivity index is 1.78. The molecule has 142 valence electrons. The van der Waals surface area contributed by atoms with Crippen molar-refractivity contribution < 1.29 is 22.8 Å². The quantitative estimate of drug-likeness (QED) is 0.658. The fraction of sp³-hybridized carbons (Fsp3) is 0.0500. The van der Waals surface area contributed by atoms with Crippen molar-refractivity contribution in [2.24, 2.45) is 0 Å². The van der Waals surface area contributed by atoms with Crippen molar-refractivity contribution >= 4 is 23.2 Å². The lowest BCUT2D eigenvalue weighted by molar-refractivity contribution is 0.102. The van der Waals surface area contributed by atoms with Gasteiger partial charge in [0.15, 0.2) is 17.5 Å². The number of hydrogen-bond donors (Lipinski definition) is 2. The van der Waals surface area contributed by atoms with E-state index in [0.29, 0.717) is 11.8 Å². The van der Waals surface area contributed by atoms with Crippen molar-refractivity contribution in [3.8, 4) is 0 Å². The highest BCUT2D eigenvalue weighted by Crippen LogP contribution is 2.20. The molecule has 0 radical (unpaired) electrons. The van der Waals surface area contributed by atoms with E-state index < -0.39 is 35.0 Å². The van der Waals surface area contributed by atoms with Crippen LogP contribution in [0.2, 0.25) is 0 Å². The second-order valence-electron chi connectivity index (χ2n) is 5.96. The van der Waals surface area contributed by atoms with Crippen LogP contribution >= 0.6 is 0 Å². The predicted octanol–water partition coefficient (Wildman–Crippen LogP) is 4.31. The standard InChI is InChI=1S/C20H14F3N3O2/c1-11-3-2-4-14(7-11)25-19(27)12-8-13(10-24-9-12)20(28)26-16-6-5-15(21)17(22)18(16)23/h2-10H,1H3,(H,25,27)(H,26,28). The lowest BCUT2D eigenvalue weighted by Gasteiger charge is -2.09. The monoisotopic (exact) mass is 385 g/mol. The smallest absolute Gasteiger partial charge is 0.257 e. The zero-order chi connectivity index (χ0) is 20.3. The molecule has 0 aliphatic rings. The summed E-state index contributed by atoms with van der Waals surface area (Å²) in [5, 5.41) is 4.80. The summed E-state index contributed by atoms with van der Waals surface area (Å²) >= 11 is 0. The van der Waals surface area contributed by atoms with Gasteiger partial charge >= 0.3 is 0 Å².